The van der Waals surface area contributed by atoms with Crippen LogP contribution >= 0.6 is 0 Å². The first kappa shape index (κ1) is 20.1. The predicted octanol–water partition coefficient (Wildman–Crippen LogP) is 3.12. The van der Waals surface area contributed by atoms with Gasteiger partial charge < -0.3 is 25.4 Å². The molecule has 3 aliphatic carbocycles. The van der Waals surface area contributed by atoms with Crippen LogP contribution < -0.4 is 10.5 Å². The average Bonchev–Trinajstić information content (AvgIpc) is 3.55. The number of hydrogen-bond acceptors (Lipinski definition) is 6. The van der Waals surface area contributed by atoms with E-state index in [0.717, 1.165) is 55.1 Å². The minimum atomic E-state index is -0.863. The molecular formula is C27H32N2O4. The quantitative estimate of drug-likeness (QED) is 0.609. The van der Waals surface area contributed by atoms with E-state index in [9.17, 15) is 10.2 Å². The van der Waals surface area contributed by atoms with E-state index in [4.69, 9.17) is 15.2 Å². The van der Waals surface area contributed by atoms with Crippen molar-refractivity contribution in [2.45, 2.75) is 74.4 Å². The van der Waals surface area contributed by atoms with Crippen molar-refractivity contribution >= 4 is 5.69 Å². The van der Waals surface area contributed by atoms with Gasteiger partial charge in [0, 0.05) is 23.8 Å². The number of rotatable bonds is 5. The van der Waals surface area contributed by atoms with Gasteiger partial charge in [0.05, 0.1) is 23.7 Å². The molecule has 6 heteroatoms. The minimum absolute atomic E-state index is 0.0963. The molecule has 1 spiro atoms. The third-order valence-corrected chi connectivity index (χ3v) is 9.15. The van der Waals surface area contributed by atoms with Crippen LogP contribution in [0, 0.1) is 5.92 Å². The normalized spacial score (nSPS) is 36.3. The van der Waals surface area contributed by atoms with Gasteiger partial charge in [0.2, 0.25) is 0 Å². The summed E-state index contributed by atoms with van der Waals surface area (Å²) in [6.45, 7) is 2.53. The van der Waals surface area contributed by atoms with Crippen LogP contribution in [0.1, 0.15) is 48.8 Å². The zero-order chi connectivity index (χ0) is 22.4. The van der Waals surface area contributed by atoms with E-state index in [2.05, 4.69) is 4.90 Å². The molecule has 2 bridgehead atoms. The number of benzene rings is 2. The van der Waals surface area contributed by atoms with Gasteiger partial charge in [-0.2, -0.15) is 0 Å². The Morgan fingerprint density at radius 1 is 1.09 bits per heavy atom. The van der Waals surface area contributed by atoms with E-state index < -0.39 is 11.0 Å². The SMILES string of the molecule is Nc1ccc(CO[C@@H]2CC[C@@]3(O)[C@H]4Cc5ccc(O)c6c5[C@@]3(CCN4CC3CC3)[C@H]2O6)cc1. The number of ether oxygens (including phenoxy) is 2. The van der Waals surface area contributed by atoms with E-state index in [-0.39, 0.29) is 24.0 Å². The molecule has 1 saturated heterocycles. The Hall–Kier alpha value is -2.28. The highest BCUT2D eigenvalue weighted by atomic mass is 16.6. The average molecular weight is 449 g/mol. The third kappa shape index (κ3) is 2.71. The van der Waals surface area contributed by atoms with Crippen molar-refractivity contribution in [1.82, 2.24) is 4.90 Å². The lowest BCUT2D eigenvalue weighted by atomic mass is 9.48. The number of nitrogen functional groups attached to an aromatic ring is 1. The van der Waals surface area contributed by atoms with Crippen LogP contribution in [0.4, 0.5) is 5.69 Å². The smallest absolute Gasteiger partial charge is 0.165 e. The molecule has 0 amide bonds. The van der Waals surface area contributed by atoms with Crippen LogP contribution in [0.15, 0.2) is 36.4 Å². The molecule has 0 unspecified atom stereocenters. The summed E-state index contributed by atoms with van der Waals surface area (Å²) in [4.78, 5) is 2.56. The number of aromatic hydroxyl groups is 1. The third-order valence-electron chi connectivity index (χ3n) is 9.15. The molecule has 2 saturated carbocycles. The maximum absolute atomic E-state index is 12.5. The lowest BCUT2D eigenvalue weighted by Crippen LogP contribution is -2.77. The molecule has 33 heavy (non-hydrogen) atoms. The van der Waals surface area contributed by atoms with Gasteiger partial charge in [-0.1, -0.05) is 18.2 Å². The lowest BCUT2D eigenvalue weighted by Gasteiger charge is -2.64. The molecule has 6 nitrogen and oxygen atoms in total. The summed E-state index contributed by atoms with van der Waals surface area (Å²) in [7, 11) is 0. The van der Waals surface area contributed by atoms with Crippen molar-refractivity contribution in [2.24, 2.45) is 5.92 Å². The van der Waals surface area contributed by atoms with Crippen molar-refractivity contribution in [2.75, 3.05) is 18.8 Å². The Balaban J connectivity index is 1.27. The van der Waals surface area contributed by atoms with Crippen LogP contribution in [-0.2, 0) is 23.2 Å². The Bertz CT molecular complexity index is 1100. The van der Waals surface area contributed by atoms with Crippen molar-refractivity contribution in [3.63, 3.8) is 0 Å². The number of phenols is 1. The van der Waals surface area contributed by atoms with Crippen LogP contribution in [0.2, 0.25) is 0 Å². The van der Waals surface area contributed by atoms with E-state index in [1.165, 1.54) is 18.4 Å². The molecule has 5 atom stereocenters. The van der Waals surface area contributed by atoms with Crippen molar-refractivity contribution in [3.05, 3.63) is 53.1 Å². The Kier molecular flexibility index (Phi) is 4.19. The molecule has 2 aromatic carbocycles. The molecule has 2 aliphatic heterocycles. The molecular weight excluding hydrogens is 416 g/mol. The molecule has 2 heterocycles. The van der Waals surface area contributed by atoms with Gasteiger partial charge in [0.15, 0.2) is 11.5 Å². The summed E-state index contributed by atoms with van der Waals surface area (Å²) in [6, 6.07) is 11.7. The van der Waals surface area contributed by atoms with Crippen molar-refractivity contribution in [3.8, 4) is 11.5 Å². The highest BCUT2D eigenvalue weighted by Gasteiger charge is 2.73. The highest BCUT2D eigenvalue weighted by Crippen LogP contribution is 2.65. The summed E-state index contributed by atoms with van der Waals surface area (Å²) in [6.07, 6.45) is 5.29. The monoisotopic (exact) mass is 448 g/mol. The van der Waals surface area contributed by atoms with E-state index >= 15 is 0 Å². The summed E-state index contributed by atoms with van der Waals surface area (Å²) in [5.41, 5.74) is 8.53. The second kappa shape index (κ2) is 6.87. The molecule has 3 fully saturated rings. The van der Waals surface area contributed by atoms with E-state index in [1.807, 2.05) is 30.3 Å². The van der Waals surface area contributed by atoms with Gasteiger partial charge >= 0.3 is 0 Å². The van der Waals surface area contributed by atoms with Gasteiger partial charge in [0.1, 0.15) is 6.10 Å². The number of aliphatic hydroxyl groups is 1. The number of hydrogen-bond donors (Lipinski definition) is 3. The van der Waals surface area contributed by atoms with Crippen LogP contribution in [0.3, 0.4) is 0 Å². The Morgan fingerprint density at radius 3 is 2.70 bits per heavy atom. The molecule has 2 aromatic rings. The fourth-order valence-corrected chi connectivity index (χ4v) is 7.42. The van der Waals surface area contributed by atoms with Crippen LogP contribution in [0.25, 0.3) is 0 Å². The second-order valence-electron chi connectivity index (χ2n) is 10.9. The number of phenolic OH excluding ortho intramolecular Hbond substituents is 1. The molecule has 174 valence electrons. The maximum atomic E-state index is 12.5. The van der Waals surface area contributed by atoms with Gasteiger partial charge in [-0.05, 0) is 80.3 Å². The van der Waals surface area contributed by atoms with Gasteiger partial charge in [-0.3, -0.25) is 4.90 Å². The topological polar surface area (TPSA) is 88.2 Å². The number of piperidine rings is 1. The maximum Gasteiger partial charge on any atom is 0.165 e. The molecule has 0 aromatic heterocycles. The standard InChI is InChI=1S/C27H32N2O4/c28-19-6-3-17(4-7-19)15-32-21-9-10-27(31)22-13-18-5-8-20(30)24-23(18)26(27,25(21)33-24)11-12-29(22)14-16-1-2-16/h3-8,16,21-22,25,30-31H,1-2,9-15,28H2/t21-,22-,25+,26+,27-/m1/s1. The molecule has 4 N–H and O–H groups in total. The number of likely N-dealkylation sites (tertiary alicyclic amines) is 1. The molecule has 7 rings (SSSR count). The van der Waals surface area contributed by atoms with Gasteiger partial charge in [0.25, 0.3) is 0 Å². The Labute approximate surface area is 194 Å². The molecule has 0 radical (unpaired) electrons. The highest BCUT2D eigenvalue weighted by molar-refractivity contribution is 5.62. The van der Waals surface area contributed by atoms with E-state index in [1.54, 1.807) is 6.07 Å². The fourth-order valence-electron chi connectivity index (χ4n) is 7.42. The first-order chi connectivity index (χ1) is 16.0. The second-order valence-corrected chi connectivity index (χ2v) is 10.9. The van der Waals surface area contributed by atoms with Crippen LogP contribution in [-0.4, -0.2) is 52.1 Å². The summed E-state index contributed by atoms with van der Waals surface area (Å²) < 4.78 is 13.0. The zero-order valence-electron chi connectivity index (χ0n) is 18.9. The summed E-state index contributed by atoms with van der Waals surface area (Å²) in [5.74, 6) is 1.54. The number of nitrogens with zero attached hydrogens (tertiary/aromatic N) is 1. The lowest BCUT2D eigenvalue weighted by molar-refractivity contribution is -0.217. The molecule has 5 aliphatic rings. The van der Waals surface area contributed by atoms with Crippen molar-refractivity contribution < 1.29 is 19.7 Å². The minimum Gasteiger partial charge on any atom is -0.504 e. The first-order valence-electron chi connectivity index (χ1n) is 12.4. The number of nitrogens with two attached hydrogens (primary N) is 1. The largest absolute Gasteiger partial charge is 0.504 e. The van der Waals surface area contributed by atoms with Crippen LogP contribution in [0.5, 0.6) is 11.5 Å². The van der Waals surface area contributed by atoms with Crippen molar-refractivity contribution in [1.29, 1.82) is 0 Å². The summed E-state index contributed by atoms with van der Waals surface area (Å²) in [5, 5.41) is 23.2. The first-order valence-corrected chi connectivity index (χ1v) is 12.4. The number of anilines is 1. The summed E-state index contributed by atoms with van der Waals surface area (Å²) >= 11 is 0. The van der Waals surface area contributed by atoms with Gasteiger partial charge in [-0.15, -0.1) is 0 Å². The fraction of sp³-hybridized carbons (Fsp3) is 0.556. The predicted molar refractivity (Wildman–Crippen MR) is 124 cm³/mol. The van der Waals surface area contributed by atoms with E-state index in [0.29, 0.717) is 18.8 Å². The zero-order valence-corrected chi connectivity index (χ0v) is 18.9. The Morgan fingerprint density at radius 2 is 1.91 bits per heavy atom. The van der Waals surface area contributed by atoms with Gasteiger partial charge in [-0.25, -0.2) is 0 Å².